The number of carbonyl (C=O) groups excluding carboxylic acids is 3. The molecule has 2 bridgehead atoms. The largest absolute Gasteiger partial charge is 0.488 e. The Morgan fingerprint density at radius 3 is 2.47 bits per heavy atom. The van der Waals surface area contributed by atoms with Crippen molar-refractivity contribution < 1.29 is 19.1 Å². The van der Waals surface area contributed by atoms with Gasteiger partial charge in [0.25, 0.3) is 0 Å². The van der Waals surface area contributed by atoms with Crippen LogP contribution in [0.1, 0.15) is 31.4 Å². The van der Waals surface area contributed by atoms with Gasteiger partial charge >= 0.3 is 0 Å². The summed E-state index contributed by atoms with van der Waals surface area (Å²) in [6.45, 7) is 4.32. The minimum Gasteiger partial charge on any atom is -0.488 e. The molecule has 0 spiro atoms. The third-order valence-electron chi connectivity index (χ3n) is 6.72. The van der Waals surface area contributed by atoms with E-state index in [1.54, 1.807) is 24.2 Å². The fraction of sp³-hybridized carbons (Fsp3) is 0.393. The number of nitrogens with zero attached hydrogens (tertiary/aromatic N) is 1. The van der Waals surface area contributed by atoms with Crippen LogP contribution in [0.15, 0.2) is 60.8 Å². The minimum absolute atomic E-state index is 0.0416. The van der Waals surface area contributed by atoms with E-state index < -0.39 is 30.1 Å². The Bertz CT molecular complexity index is 1100. The van der Waals surface area contributed by atoms with Crippen LogP contribution in [0.3, 0.4) is 0 Å². The van der Waals surface area contributed by atoms with Crippen LogP contribution in [0, 0.1) is 5.92 Å². The Morgan fingerprint density at radius 1 is 1.08 bits per heavy atom. The van der Waals surface area contributed by atoms with Gasteiger partial charge < -0.3 is 25.6 Å². The second-order valence-electron chi connectivity index (χ2n) is 9.59. The Hall–Kier alpha value is -3.65. The van der Waals surface area contributed by atoms with Crippen molar-refractivity contribution in [1.82, 2.24) is 20.9 Å². The van der Waals surface area contributed by atoms with E-state index in [9.17, 15) is 14.4 Å². The normalized spacial score (nSPS) is 22.9. The van der Waals surface area contributed by atoms with Crippen molar-refractivity contribution in [2.45, 2.75) is 50.9 Å². The third-order valence-corrected chi connectivity index (χ3v) is 6.72. The molecule has 2 aromatic rings. The highest BCUT2D eigenvalue weighted by atomic mass is 16.5. The van der Waals surface area contributed by atoms with Gasteiger partial charge in [0.15, 0.2) is 0 Å². The fourth-order valence-electron chi connectivity index (χ4n) is 4.83. The predicted molar refractivity (Wildman–Crippen MR) is 138 cm³/mol. The van der Waals surface area contributed by atoms with Crippen LogP contribution in [0.4, 0.5) is 0 Å². The number of fused-ring (bicyclic) bond motifs is 7. The van der Waals surface area contributed by atoms with Gasteiger partial charge in [-0.15, -0.1) is 0 Å². The number of amides is 3. The molecule has 190 valence electrons. The number of likely N-dealkylation sites (tertiary alicyclic amines) is 1. The Morgan fingerprint density at radius 2 is 1.81 bits per heavy atom. The first-order chi connectivity index (χ1) is 17.4. The SMILES string of the molecule is CN[C@H](C(=O)N1CC[C@H]2Oc3ccc(cc3)C=CNC(=O)[C@H](Cc3ccccc3)NC(=O)[C@@H]21)C(C)C. The first-order valence-corrected chi connectivity index (χ1v) is 12.4. The molecular weight excluding hydrogens is 456 g/mol. The number of ether oxygens (including phenoxy) is 1. The molecule has 3 aliphatic heterocycles. The number of carbonyl (C=O) groups is 3. The average molecular weight is 491 g/mol. The maximum Gasteiger partial charge on any atom is 0.247 e. The van der Waals surface area contributed by atoms with E-state index in [0.29, 0.717) is 25.1 Å². The summed E-state index contributed by atoms with van der Waals surface area (Å²) in [5.41, 5.74) is 1.82. The van der Waals surface area contributed by atoms with Crippen LogP contribution in [0.2, 0.25) is 0 Å². The van der Waals surface area contributed by atoms with Gasteiger partial charge in [0, 0.05) is 25.6 Å². The quantitative estimate of drug-likeness (QED) is 0.596. The molecule has 1 saturated heterocycles. The average Bonchev–Trinajstić information content (AvgIpc) is 3.28. The summed E-state index contributed by atoms with van der Waals surface area (Å²) >= 11 is 0. The van der Waals surface area contributed by atoms with Crippen LogP contribution < -0.4 is 20.7 Å². The number of hydrogen-bond donors (Lipinski definition) is 3. The molecule has 3 amide bonds. The van der Waals surface area contributed by atoms with E-state index in [-0.39, 0.29) is 17.7 Å². The molecule has 3 aliphatic rings. The number of benzene rings is 2. The van der Waals surface area contributed by atoms with Crippen LogP contribution >= 0.6 is 0 Å². The second-order valence-corrected chi connectivity index (χ2v) is 9.59. The van der Waals surface area contributed by atoms with Crippen molar-refractivity contribution in [2.75, 3.05) is 13.6 Å². The molecule has 8 nitrogen and oxygen atoms in total. The first kappa shape index (κ1) is 25.4. The molecule has 0 radical (unpaired) electrons. The molecule has 1 fully saturated rings. The standard InChI is InChI=1S/C28H34N4O4/c1-18(2)24(29-3)28(35)32-16-14-23-25(32)27(34)31-22(17-20-7-5-4-6-8-20)26(33)30-15-13-19-9-11-21(36-23)12-10-19/h4-13,15,18,22-25,29H,14,16-17H2,1-3H3,(H,30,33)(H,31,34)/t22-,23+,24-,25+/m0/s1. The smallest absolute Gasteiger partial charge is 0.247 e. The lowest BCUT2D eigenvalue weighted by atomic mass is 10.0. The van der Waals surface area contributed by atoms with Gasteiger partial charge in [-0.1, -0.05) is 56.3 Å². The lowest BCUT2D eigenvalue weighted by Crippen LogP contribution is -2.59. The first-order valence-electron chi connectivity index (χ1n) is 12.4. The van der Waals surface area contributed by atoms with Crippen molar-refractivity contribution in [3.8, 4) is 5.75 Å². The molecule has 36 heavy (non-hydrogen) atoms. The summed E-state index contributed by atoms with van der Waals surface area (Å²) in [4.78, 5) is 42.0. The maximum atomic E-state index is 13.8. The van der Waals surface area contributed by atoms with E-state index in [1.165, 1.54) is 0 Å². The summed E-state index contributed by atoms with van der Waals surface area (Å²) < 4.78 is 6.24. The van der Waals surface area contributed by atoms with E-state index in [0.717, 1.165) is 11.1 Å². The lowest BCUT2D eigenvalue weighted by molar-refractivity contribution is -0.143. The van der Waals surface area contributed by atoms with E-state index in [2.05, 4.69) is 16.0 Å². The zero-order valence-electron chi connectivity index (χ0n) is 20.9. The highest BCUT2D eigenvalue weighted by molar-refractivity contribution is 5.94. The van der Waals surface area contributed by atoms with Crippen LogP contribution in [0.5, 0.6) is 5.75 Å². The van der Waals surface area contributed by atoms with Crippen LogP contribution in [0.25, 0.3) is 6.08 Å². The van der Waals surface area contributed by atoms with Crippen LogP contribution in [-0.2, 0) is 20.8 Å². The molecule has 0 aliphatic carbocycles. The molecule has 8 heteroatoms. The number of nitrogens with one attached hydrogen (secondary N) is 3. The molecular formula is C28H34N4O4. The van der Waals surface area contributed by atoms with Gasteiger partial charge in [0.2, 0.25) is 17.7 Å². The summed E-state index contributed by atoms with van der Waals surface area (Å²) in [5.74, 6) is -0.221. The van der Waals surface area contributed by atoms with Gasteiger partial charge in [-0.2, -0.15) is 0 Å². The summed E-state index contributed by atoms with van der Waals surface area (Å²) in [7, 11) is 1.75. The zero-order valence-corrected chi connectivity index (χ0v) is 20.9. The monoisotopic (exact) mass is 490 g/mol. The third kappa shape index (κ3) is 5.76. The van der Waals surface area contributed by atoms with Gasteiger partial charge in [0.05, 0.1) is 6.04 Å². The molecule has 0 unspecified atom stereocenters. The van der Waals surface area contributed by atoms with Gasteiger partial charge in [-0.05, 0) is 42.3 Å². The molecule has 4 atom stereocenters. The highest BCUT2D eigenvalue weighted by Crippen LogP contribution is 2.27. The minimum atomic E-state index is -0.865. The van der Waals surface area contributed by atoms with Crippen molar-refractivity contribution in [2.24, 2.45) is 5.92 Å². The maximum absolute atomic E-state index is 13.8. The topological polar surface area (TPSA) is 99.8 Å². The zero-order chi connectivity index (χ0) is 25.7. The second kappa shape index (κ2) is 11.4. The van der Waals surface area contributed by atoms with Crippen LogP contribution in [-0.4, -0.2) is 60.4 Å². The van der Waals surface area contributed by atoms with Gasteiger partial charge in [-0.25, -0.2) is 0 Å². The van der Waals surface area contributed by atoms with E-state index >= 15 is 0 Å². The summed E-state index contributed by atoms with van der Waals surface area (Å²) in [5, 5.41) is 8.80. The number of likely N-dealkylation sites (N-methyl/N-ethyl adjacent to an activating group) is 1. The van der Waals surface area contributed by atoms with Crippen molar-refractivity contribution in [3.05, 3.63) is 71.9 Å². The van der Waals surface area contributed by atoms with E-state index in [1.807, 2.05) is 68.4 Å². The molecule has 5 rings (SSSR count). The summed E-state index contributed by atoms with van der Waals surface area (Å²) in [6.07, 6.45) is 3.65. The number of rotatable bonds is 5. The lowest BCUT2D eigenvalue weighted by Gasteiger charge is -2.32. The van der Waals surface area contributed by atoms with Gasteiger partial charge in [-0.3, -0.25) is 14.4 Å². The van der Waals surface area contributed by atoms with Crippen molar-refractivity contribution in [1.29, 1.82) is 0 Å². The van der Waals surface area contributed by atoms with Crippen molar-refractivity contribution in [3.63, 3.8) is 0 Å². The van der Waals surface area contributed by atoms with Crippen molar-refractivity contribution >= 4 is 23.8 Å². The molecule has 2 aromatic carbocycles. The highest BCUT2D eigenvalue weighted by Gasteiger charge is 2.46. The summed E-state index contributed by atoms with van der Waals surface area (Å²) in [6, 6.07) is 14.8. The molecule has 0 saturated carbocycles. The number of hydrogen-bond acceptors (Lipinski definition) is 5. The Balaban J connectivity index is 1.68. The molecule has 0 aromatic heterocycles. The van der Waals surface area contributed by atoms with E-state index in [4.69, 9.17) is 4.74 Å². The molecule has 3 heterocycles. The predicted octanol–water partition coefficient (Wildman–Crippen LogP) is 2.11. The van der Waals surface area contributed by atoms with Gasteiger partial charge in [0.1, 0.15) is 23.9 Å². The fourth-order valence-corrected chi connectivity index (χ4v) is 4.83. The Kier molecular flexibility index (Phi) is 8.05. The molecule has 3 N–H and O–H groups in total. The Labute approximate surface area is 212 Å².